The van der Waals surface area contributed by atoms with Crippen LogP contribution >= 0.6 is 15.9 Å². The molecular weight excluding hydrogens is 214 g/mol. The van der Waals surface area contributed by atoms with Gasteiger partial charge in [0.15, 0.2) is 0 Å². The van der Waals surface area contributed by atoms with Crippen LogP contribution in [0.2, 0.25) is 0 Å². The molecule has 2 heteroatoms. The van der Waals surface area contributed by atoms with Crippen molar-refractivity contribution >= 4 is 21.6 Å². The first kappa shape index (κ1) is 8.11. The molecule has 0 atom stereocenters. The van der Waals surface area contributed by atoms with Crippen LogP contribution in [0.1, 0.15) is 24.0 Å². The summed E-state index contributed by atoms with van der Waals surface area (Å²) in [5.74, 6) is 0. The molecule has 0 heterocycles. The number of hydrogen-bond donors (Lipinski definition) is 1. The van der Waals surface area contributed by atoms with Crippen LogP contribution in [-0.2, 0) is 12.8 Å². The Hall–Kier alpha value is -0.500. The van der Waals surface area contributed by atoms with Crippen LogP contribution in [0.25, 0.3) is 0 Å². The number of aryl methyl sites for hydroxylation is 2. The summed E-state index contributed by atoms with van der Waals surface area (Å²) in [6.45, 7) is 0. The van der Waals surface area contributed by atoms with E-state index in [0.717, 1.165) is 10.2 Å². The Balaban J connectivity index is 2.49. The summed E-state index contributed by atoms with van der Waals surface area (Å²) in [5.41, 5.74) is 9.59. The molecule has 1 nitrogen and oxygen atoms in total. The highest BCUT2D eigenvalue weighted by molar-refractivity contribution is 9.10. The van der Waals surface area contributed by atoms with Gasteiger partial charge in [-0.2, -0.15) is 0 Å². The molecule has 0 aliphatic heterocycles. The molecular formula is C10H12BrN. The molecule has 2 rings (SSSR count). The molecule has 1 aromatic carbocycles. The molecule has 0 saturated carbocycles. The summed E-state index contributed by atoms with van der Waals surface area (Å²) in [6.07, 6.45) is 5.05. The van der Waals surface area contributed by atoms with Crippen LogP contribution in [0.4, 0.5) is 5.69 Å². The summed E-state index contributed by atoms with van der Waals surface area (Å²) in [5, 5.41) is 0. The first-order chi connectivity index (χ1) is 5.77. The van der Waals surface area contributed by atoms with E-state index >= 15 is 0 Å². The molecule has 12 heavy (non-hydrogen) atoms. The molecule has 0 fully saturated rings. The smallest absolute Gasteiger partial charge is 0.0461 e. The summed E-state index contributed by atoms with van der Waals surface area (Å²) >= 11 is 3.45. The van der Waals surface area contributed by atoms with Gasteiger partial charge in [0.05, 0.1) is 0 Å². The minimum absolute atomic E-state index is 0.871. The van der Waals surface area contributed by atoms with Gasteiger partial charge in [-0.25, -0.2) is 0 Å². The van der Waals surface area contributed by atoms with Gasteiger partial charge < -0.3 is 5.73 Å². The van der Waals surface area contributed by atoms with Crippen LogP contribution in [0, 0.1) is 0 Å². The van der Waals surface area contributed by atoms with Crippen molar-refractivity contribution in [2.75, 3.05) is 5.73 Å². The zero-order valence-corrected chi connectivity index (χ0v) is 8.52. The first-order valence-corrected chi connectivity index (χ1v) is 5.13. The average molecular weight is 226 g/mol. The van der Waals surface area contributed by atoms with E-state index < -0.39 is 0 Å². The number of halogens is 1. The Morgan fingerprint density at radius 1 is 1.08 bits per heavy atom. The third-order valence-corrected chi connectivity index (χ3v) is 3.15. The first-order valence-electron chi connectivity index (χ1n) is 4.34. The molecule has 0 unspecified atom stereocenters. The van der Waals surface area contributed by atoms with E-state index in [-0.39, 0.29) is 0 Å². The number of nitrogen functional groups attached to an aromatic ring is 1. The van der Waals surface area contributed by atoms with Crippen LogP contribution < -0.4 is 5.73 Å². The van der Waals surface area contributed by atoms with Gasteiger partial charge in [0.1, 0.15) is 0 Å². The number of nitrogens with two attached hydrogens (primary N) is 1. The van der Waals surface area contributed by atoms with Gasteiger partial charge in [0.25, 0.3) is 0 Å². The van der Waals surface area contributed by atoms with Crippen molar-refractivity contribution in [1.82, 2.24) is 0 Å². The summed E-state index contributed by atoms with van der Waals surface area (Å²) in [4.78, 5) is 0. The van der Waals surface area contributed by atoms with Crippen LogP contribution in [0.5, 0.6) is 0 Å². The fourth-order valence-electron chi connectivity index (χ4n) is 1.77. The second kappa shape index (κ2) is 3.09. The zero-order chi connectivity index (χ0) is 8.55. The molecule has 1 aromatic rings. The average Bonchev–Trinajstić information content (AvgIpc) is 2.07. The third kappa shape index (κ3) is 1.36. The highest BCUT2D eigenvalue weighted by Gasteiger charge is 2.10. The van der Waals surface area contributed by atoms with Gasteiger partial charge in [-0.05, 0) is 64.9 Å². The quantitative estimate of drug-likeness (QED) is 0.676. The van der Waals surface area contributed by atoms with Crippen molar-refractivity contribution in [3.8, 4) is 0 Å². The molecule has 0 spiro atoms. The monoisotopic (exact) mass is 225 g/mol. The third-order valence-electron chi connectivity index (χ3n) is 2.46. The van der Waals surface area contributed by atoms with E-state index in [1.165, 1.54) is 36.8 Å². The van der Waals surface area contributed by atoms with Crippen LogP contribution in [-0.4, -0.2) is 0 Å². The molecule has 0 amide bonds. The van der Waals surface area contributed by atoms with Crippen molar-refractivity contribution in [2.45, 2.75) is 25.7 Å². The molecule has 0 aromatic heterocycles. The molecule has 0 saturated heterocycles. The summed E-state index contributed by atoms with van der Waals surface area (Å²) < 4.78 is 1.04. The lowest BCUT2D eigenvalue weighted by Gasteiger charge is -2.16. The maximum atomic E-state index is 5.80. The van der Waals surface area contributed by atoms with Crippen LogP contribution in [0.15, 0.2) is 16.6 Å². The van der Waals surface area contributed by atoms with Crippen molar-refractivity contribution in [3.05, 3.63) is 27.7 Å². The fourth-order valence-corrected chi connectivity index (χ4v) is 2.17. The number of benzene rings is 1. The summed E-state index contributed by atoms with van der Waals surface area (Å²) in [6, 6.07) is 4.28. The fraction of sp³-hybridized carbons (Fsp3) is 0.400. The van der Waals surface area contributed by atoms with Gasteiger partial charge >= 0.3 is 0 Å². The van der Waals surface area contributed by atoms with Crippen molar-refractivity contribution in [2.24, 2.45) is 0 Å². The van der Waals surface area contributed by atoms with Gasteiger partial charge in [-0.15, -0.1) is 0 Å². The van der Waals surface area contributed by atoms with Crippen LogP contribution in [0.3, 0.4) is 0 Å². The molecule has 1 aliphatic rings. The predicted molar refractivity (Wildman–Crippen MR) is 55.2 cm³/mol. The van der Waals surface area contributed by atoms with E-state index in [2.05, 4.69) is 28.1 Å². The largest absolute Gasteiger partial charge is 0.398 e. The van der Waals surface area contributed by atoms with E-state index in [1.807, 2.05) is 0 Å². The zero-order valence-electron chi connectivity index (χ0n) is 6.94. The van der Waals surface area contributed by atoms with Gasteiger partial charge in [0, 0.05) is 10.2 Å². The molecule has 0 bridgehead atoms. The van der Waals surface area contributed by atoms with E-state index in [9.17, 15) is 0 Å². The van der Waals surface area contributed by atoms with Gasteiger partial charge in [-0.1, -0.05) is 0 Å². The lowest BCUT2D eigenvalue weighted by molar-refractivity contribution is 0.685. The highest BCUT2D eigenvalue weighted by Crippen LogP contribution is 2.28. The Morgan fingerprint density at radius 2 is 1.67 bits per heavy atom. The van der Waals surface area contributed by atoms with E-state index in [4.69, 9.17) is 5.73 Å². The maximum Gasteiger partial charge on any atom is 0.0461 e. The van der Waals surface area contributed by atoms with Crippen molar-refractivity contribution < 1.29 is 0 Å². The molecule has 1 aliphatic carbocycles. The highest BCUT2D eigenvalue weighted by atomic mass is 79.9. The Bertz CT molecular complexity index is 276. The number of fused-ring (bicyclic) bond motifs is 1. The Kier molecular flexibility index (Phi) is 2.09. The minimum Gasteiger partial charge on any atom is -0.398 e. The standard InChI is InChI=1S/C10H12BrN/c11-9-5-7-3-1-2-4-8(7)6-10(9)12/h5-6H,1-4,12H2. The van der Waals surface area contributed by atoms with Gasteiger partial charge in [0.2, 0.25) is 0 Å². The SMILES string of the molecule is Nc1cc2c(cc1Br)CCCC2. The van der Waals surface area contributed by atoms with E-state index in [0.29, 0.717) is 0 Å². The second-order valence-electron chi connectivity index (χ2n) is 3.35. The Labute approximate surface area is 81.1 Å². The van der Waals surface area contributed by atoms with E-state index in [1.54, 1.807) is 0 Å². The summed E-state index contributed by atoms with van der Waals surface area (Å²) in [7, 11) is 0. The lowest BCUT2D eigenvalue weighted by atomic mass is 9.91. The molecule has 64 valence electrons. The minimum atomic E-state index is 0.871. The van der Waals surface area contributed by atoms with Crippen molar-refractivity contribution in [1.29, 1.82) is 0 Å². The molecule has 0 radical (unpaired) electrons. The topological polar surface area (TPSA) is 26.0 Å². The number of hydrogen-bond acceptors (Lipinski definition) is 1. The number of anilines is 1. The maximum absolute atomic E-state index is 5.80. The molecule has 2 N–H and O–H groups in total. The normalized spacial score (nSPS) is 15.8. The second-order valence-corrected chi connectivity index (χ2v) is 4.20. The van der Waals surface area contributed by atoms with Gasteiger partial charge in [-0.3, -0.25) is 0 Å². The number of rotatable bonds is 0. The Morgan fingerprint density at radius 3 is 2.33 bits per heavy atom. The lowest BCUT2D eigenvalue weighted by Crippen LogP contribution is -2.03. The van der Waals surface area contributed by atoms with Crippen molar-refractivity contribution in [3.63, 3.8) is 0 Å². The predicted octanol–water partition coefficient (Wildman–Crippen LogP) is 2.91.